The highest BCUT2D eigenvalue weighted by Crippen LogP contribution is 2.28. The zero-order chi connectivity index (χ0) is 18.5. The topological polar surface area (TPSA) is 115 Å². The molecule has 1 aromatic carbocycles. The van der Waals surface area contributed by atoms with E-state index in [9.17, 15) is 13.2 Å². The molecule has 0 unspecified atom stereocenters. The van der Waals surface area contributed by atoms with Gasteiger partial charge in [0.05, 0.1) is 22.6 Å². The van der Waals surface area contributed by atoms with E-state index in [1.54, 1.807) is 19.9 Å². The van der Waals surface area contributed by atoms with E-state index in [0.717, 1.165) is 5.69 Å². The van der Waals surface area contributed by atoms with Gasteiger partial charge < -0.3 is 9.32 Å². The predicted octanol–water partition coefficient (Wildman–Crippen LogP) is 0.972. The summed E-state index contributed by atoms with van der Waals surface area (Å²) >= 11 is 0. The first kappa shape index (κ1) is 16.9. The number of oxazole rings is 1. The average molecular weight is 377 g/mol. The molecule has 3 aromatic rings. The normalized spacial score (nSPS) is 16.5. The molecule has 2 N–H and O–H groups in total. The molecule has 0 aliphatic carbocycles. The van der Waals surface area contributed by atoms with E-state index in [0.29, 0.717) is 48.7 Å². The van der Waals surface area contributed by atoms with Gasteiger partial charge in [0.2, 0.25) is 10.0 Å². The van der Waals surface area contributed by atoms with Crippen LogP contribution < -0.4 is 10.7 Å². The number of aryl methyl sites for hydroxylation is 2. The molecule has 1 aliphatic rings. The van der Waals surface area contributed by atoms with Crippen molar-refractivity contribution in [2.45, 2.75) is 18.7 Å². The van der Waals surface area contributed by atoms with Crippen LogP contribution in [0.25, 0.3) is 11.1 Å². The largest absolute Gasteiger partial charge is 0.417 e. The molecule has 1 fully saturated rings. The first-order chi connectivity index (χ1) is 12.4. The minimum absolute atomic E-state index is 0.254. The van der Waals surface area contributed by atoms with Gasteiger partial charge in [0.15, 0.2) is 5.58 Å². The zero-order valence-electron chi connectivity index (χ0n) is 14.4. The van der Waals surface area contributed by atoms with Crippen molar-refractivity contribution in [2.75, 3.05) is 31.1 Å². The Balaban J connectivity index is 1.58. The van der Waals surface area contributed by atoms with E-state index in [2.05, 4.69) is 15.2 Å². The maximum Gasteiger partial charge on any atom is 0.417 e. The van der Waals surface area contributed by atoms with Crippen molar-refractivity contribution >= 4 is 26.8 Å². The fourth-order valence-corrected chi connectivity index (χ4v) is 5.18. The highest BCUT2D eigenvalue weighted by Gasteiger charge is 2.32. The number of benzene rings is 1. The standard InChI is InChI=1S/C16H19N5O4S/c1-10-15(11(2)19-18-10)26(23,24)21-8-6-20(7-9-21)13-5-3-4-12-14(13)25-16(22)17-12/h3-5H,6-9H2,1-2H3,(H,17,22)(H,18,19). The van der Waals surface area contributed by atoms with Gasteiger partial charge in [0.25, 0.3) is 0 Å². The Labute approximate surface area is 149 Å². The van der Waals surface area contributed by atoms with Crippen LogP contribution in [0, 0.1) is 13.8 Å². The third kappa shape index (κ3) is 2.61. The van der Waals surface area contributed by atoms with Crippen molar-refractivity contribution in [2.24, 2.45) is 0 Å². The van der Waals surface area contributed by atoms with Crippen molar-refractivity contribution in [3.8, 4) is 0 Å². The van der Waals surface area contributed by atoms with Crippen LogP contribution in [0.1, 0.15) is 11.4 Å². The second-order valence-electron chi connectivity index (χ2n) is 6.32. The van der Waals surface area contributed by atoms with Crippen LogP contribution in [0.3, 0.4) is 0 Å². The molecule has 0 amide bonds. The molecule has 9 nitrogen and oxygen atoms in total. The molecule has 2 aromatic heterocycles. The number of hydrogen-bond donors (Lipinski definition) is 2. The number of H-pyrrole nitrogens is 2. The zero-order valence-corrected chi connectivity index (χ0v) is 15.3. The van der Waals surface area contributed by atoms with Crippen LogP contribution in [0.2, 0.25) is 0 Å². The molecule has 0 saturated carbocycles. The predicted molar refractivity (Wildman–Crippen MR) is 95.9 cm³/mol. The van der Waals surface area contributed by atoms with Gasteiger partial charge in [-0.2, -0.15) is 9.40 Å². The first-order valence-electron chi connectivity index (χ1n) is 8.26. The van der Waals surface area contributed by atoms with E-state index >= 15 is 0 Å². The first-order valence-corrected chi connectivity index (χ1v) is 9.70. The lowest BCUT2D eigenvalue weighted by Crippen LogP contribution is -2.48. The maximum absolute atomic E-state index is 12.9. The number of piperazine rings is 1. The van der Waals surface area contributed by atoms with Crippen molar-refractivity contribution in [1.82, 2.24) is 19.5 Å². The van der Waals surface area contributed by atoms with Gasteiger partial charge in [-0.1, -0.05) is 6.07 Å². The average Bonchev–Trinajstić information content (AvgIpc) is 3.16. The number of nitrogens with zero attached hydrogens (tertiary/aromatic N) is 3. The summed E-state index contributed by atoms with van der Waals surface area (Å²) in [5.41, 5.74) is 2.93. The van der Waals surface area contributed by atoms with Crippen LogP contribution >= 0.6 is 0 Å². The van der Waals surface area contributed by atoms with Gasteiger partial charge >= 0.3 is 5.76 Å². The fraction of sp³-hybridized carbons (Fsp3) is 0.375. The van der Waals surface area contributed by atoms with Gasteiger partial charge in [-0.25, -0.2) is 13.2 Å². The minimum atomic E-state index is -3.59. The van der Waals surface area contributed by atoms with E-state index in [4.69, 9.17) is 4.42 Å². The Morgan fingerprint density at radius 2 is 1.88 bits per heavy atom. The van der Waals surface area contributed by atoms with E-state index < -0.39 is 15.8 Å². The Kier molecular flexibility index (Phi) is 3.88. The van der Waals surface area contributed by atoms with Crippen molar-refractivity contribution in [3.63, 3.8) is 0 Å². The number of aromatic nitrogens is 3. The van der Waals surface area contributed by atoms with E-state index in [-0.39, 0.29) is 4.90 Å². The van der Waals surface area contributed by atoms with Crippen LogP contribution in [-0.4, -0.2) is 54.1 Å². The van der Waals surface area contributed by atoms with Crippen LogP contribution in [0.5, 0.6) is 0 Å². The summed E-state index contributed by atoms with van der Waals surface area (Å²) in [5, 5.41) is 6.72. The number of fused-ring (bicyclic) bond motifs is 1. The van der Waals surface area contributed by atoms with Gasteiger partial charge in [-0.3, -0.25) is 10.1 Å². The second-order valence-corrected chi connectivity index (χ2v) is 8.20. The smallest absolute Gasteiger partial charge is 0.406 e. The van der Waals surface area contributed by atoms with Gasteiger partial charge in [0.1, 0.15) is 4.90 Å². The number of hydrogen-bond acceptors (Lipinski definition) is 6. The number of anilines is 1. The van der Waals surface area contributed by atoms with E-state index in [1.807, 2.05) is 17.0 Å². The van der Waals surface area contributed by atoms with E-state index in [1.165, 1.54) is 4.31 Å². The third-order valence-corrected chi connectivity index (χ3v) is 6.83. The molecule has 4 rings (SSSR count). The van der Waals surface area contributed by atoms with Crippen LogP contribution in [-0.2, 0) is 10.0 Å². The van der Waals surface area contributed by atoms with Gasteiger partial charge in [0, 0.05) is 26.2 Å². The molecule has 0 bridgehead atoms. The second kappa shape index (κ2) is 5.99. The Morgan fingerprint density at radius 3 is 2.54 bits per heavy atom. The molecular formula is C16H19N5O4S. The molecule has 1 aliphatic heterocycles. The summed E-state index contributed by atoms with van der Waals surface area (Å²) in [6, 6.07) is 5.48. The number of nitrogens with one attached hydrogen (secondary N) is 2. The van der Waals surface area contributed by atoms with Gasteiger partial charge in [-0.15, -0.1) is 0 Å². The monoisotopic (exact) mass is 377 g/mol. The van der Waals surface area contributed by atoms with Crippen LogP contribution in [0.4, 0.5) is 5.69 Å². The third-order valence-electron chi connectivity index (χ3n) is 4.66. The van der Waals surface area contributed by atoms with Crippen LogP contribution in [0.15, 0.2) is 32.3 Å². The van der Waals surface area contributed by atoms with Gasteiger partial charge in [-0.05, 0) is 26.0 Å². The van der Waals surface area contributed by atoms with Crippen molar-refractivity contribution < 1.29 is 12.8 Å². The lowest BCUT2D eigenvalue weighted by Gasteiger charge is -2.35. The quantitative estimate of drug-likeness (QED) is 0.703. The molecule has 0 atom stereocenters. The highest BCUT2D eigenvalue weighted by molar-refractivity contribution is 7.89. The maximum atomic E-state index is 12.9. The summed E-state index contributed by atoms with van der Waals surface area (Å²) in [6.07, 6.45) is 0. The molecule has 3 heterocycles. The molecule has 1 saturated heterocycles. The Bertz CT molecular complexity index is 1100. The summed E-state index contributed by atoms with van der Waals surface area (Å²) in [7, 11) is -3.59. The molecule has 138 valence electrons. The summed E-state index contributed by atoms with van der Waals surface area (Å²) in [5.74, 6) is -0.500. The number of aromatic amines is 2. The summed E-state index contributed by atoms with van der Waals surface area (Å²) in [4.78, 5) is 16.4. The highest BCUT2D eigenvalue weighted by atomic mass is 32.2. The Morgan fingerprint density at radius 1 is 1.15 bits per heavy atom. The summed E-state index contributed by atoms with van der Waals surface area (Å²) in [6.45, 7) is 5.08. The Hall–Kier alpha value is -2.59. The molecule has 10 heteroatoms. The molecule has 26 heavy (non-hydrogen) atoms. The van der Waals surface area contributed by atoms with Crippen molar-refractivity contribution in [1.29, 1.82) is 0 Å². The SMILES string of the molecule is Cc1n[nH]c(C)c1S(=O)(=O)N1CCN(c2cccc3[nH]c(=O)oc23)CC1. The fourth-order valence-electron chi connectivity index (χ4n) is 3.43. The molecule has 0 spiro atoms. The number of rotatable bonds is 3. The lowest BCUT2D eigenvalue weighted by molar-refractivity contribution is 0.384. The molecule has 0 radical (unpaired) electrons. The molecular weight excluding hydrogens is 358 g/mol. The number of sulfonamides is 1. The lowest BCUT2D eigenvalue weighted by atomic mass is 10.2. The van der Waals surface area contributed by atoms with Crippen molar-refractivity contribution in [3.05, 3.63) is 40.1 Å². The minimum Gasteiger partial charge on any atom is -0.406 e. The number of para-hydroxylation sites is 1. The summed E-state index contributed by atoms with van der Waals surface area (Å²) < 4.78 is 32.6.